The molecule has 0 aliphatic carbocycles. The Morgan fingerprint density at radius 3 is 2.67 bits per heavy atom. The number of aromatic nitrogens is 4. The smallest absolute Gasteiger partial charge is 0.407 e. The molecule has 282 valence electrons. The maximum atomic E-state index is 14.1. The Morgan fingerprint density at radius 2 is 1.89 bits per heavy atom. The van der Waals surface area contributed by atoms with Crippen molar-refractivity contribution >= 4 is 39.9 Å². The number of likely N-dealkylation sites (tertiary alicyclic amines) is 2. The summed E-state index contributed by atoms with van der Waals surface area (Å²) in [6, 6.07) is 12.8. The summed E-state index contributed by atoms with van der Waals surface area (Å²) >= 11 is 0. The maximum Gasteiger partial charge on any atom is 0.407 e. The molecule has 0 radical (unpaired) electrons. The average Bonchev–Trinajstić information content (AvgIpc) is 4.01. The summed E-state index contributed by atoms with van der Waals surface area (Å²) in [5.74, 6) is 1.83. The number of aromatic amines is 2. The molecule has 5 heterocycles. The summed E-state index contributed by atoms with van der Waals surface area (Å²) in [6.07, 6.45) is 1.70. The second-order valence-corrected chi connectivity index (χ2v) is 14.2. The van der Waals surface area contributed by atoms with E-state index in [2.05, 4.69) is 44.5 Å². The van der Waals surface area contributed by atoms with Crippen molar-refractivity contribution in [2.45, 2.75) is 57.0 Å². The van der Waals surface area contributed by atoms with Crippen molar-refractivity contribution in [1.82, 2.24) is 35.1 Å². The average molecular weight is 738 g/mol. The molecule has 0 spiro atoms. The molecule has 5 atom stereocenters. The van der Waals surface area contributed by atoms with E-state index in [9.17, 15) is 19.5 Å². The number of alkyl carbamates (subject to hydrolysis) is 1. The lowest BCUT2D eigenvalue weighted by Crippen LogP contribution is -2.54. The quantitative estimate of drug-likeness (QED) is 0.145. The third-order valence-corrected chi connectivity index (χ3v) is 11.0. The number of methoxy groups -OCH3 is 3. The number of carbonyl (C=O) groups excluding carboxylic acids is 2. The summed E-state index contributed by atoms with van der Waals surface area (Å²) in [5.41, 5.74) is 6.45. The fourth-order valence-corrected chi connectivity index (χ4v) is 8.23. The van der Waals surface area contributed by atoms with Gasteiger partial charge in [0.1, 0.15) is 30.0 Å². The van der Waals surface area contributed by atoms with Crippen LogP contribution in [0.4, 0.5) is 9.59 Å². The number of carbonyl (C=O) groups is 3. The van der Waals surface area contributed by atoms with E-state index in [-0.39, 0.29) is 23.9 Å². The Morgan fingerprint density at radius 1 is 1.04 bits per heavy atom. The van der Waals surface area contributed by atoms with Crippen LogP contribution in [0.3, 0.4) is 0 Å². The van der Waals surface area contributed by atoms with Crippen molar-refractivity contribution in [1.29, 1.82) is 0 Å². The third kappa shape index (κ3) is 6.26. The number of nitrogens with one attached hydrogen (secondary N) is 3. The Balaban J connectivity index is 1.09. The Kier molecular flexibility index (Phi) is 9.36. The summed E-state index contributed by atoms with van der Waals surface area (Å²) in [4.78, 5) is 57.7. The summed E-state index contributed by atoms with van der Waals surface area (Å²) < 4.78 is 22.1. The molecule has 3 aromatic carbocycles. The van der Waals surface area contributed by atoms with E-state index in [0.717, 1.165) is 68.3 Å². The lowest BCUT2D eigenvalue weighted by molar-refractivity contribution is -0.137. The molecule has 54 heavy (non-hydrogen) atoms. The van der Waals surface area contributed by atoms with E-state index < -0.39 is 24.3 Å². The van der Waals surface area contributed by atoms with Gasteiger partial charge < -0.3 is 44.2 Å². The van der Waals surface area contributed by atoms with Crippen molar-refractivity contribution in [2.24, 2.45) is 5.92 Å². The van der Waals surface area contributed by atoms with Crippen LogP contribution < -0.4 is 10.1 Å². The molecule has 0 bridgehead atoms. The first-order valence-electron chi connectivity index (χ1n) is 18.1. The zero-order chi connectivity index (χ0) is 37.7. The van der Waals surface area contributed by atoms with Gasteiger partial charge in [0.25, 0.3) is 0 Å². The first-order valence-corrected chi connectivity index (χ1v) is 18.1. The maximum absolute atomic E-state index is 14.1. The fourth-order valence-electron chi connectivity index (χ4n) is 8.23. The van der Waals surface area contributed by atoms with Gasteiger partial charge >= 0.3 is 12.2 Å². The van der Waals surface area contributed by atoms with Crippen molar-refractivity contribution in [2.75, 3.05) is 41.0 Å². The highest BCUT2D eigenvalue weighted by molar-refractivity contribution is 6.07. The molecule has 8 rings (SSSR count). The molecule has 15 heteroatoms. The molecular formula is C39H43N7O8. The Labute approximate surface area is 310 Å². The highest BCUT2D eigenvalue weighted by Crippen LogP contribution is 2.43. The Bertz CT molecular complexity index is 2250. The molecule has 3 aliphatic rings. The van der Waals surface area contributed by atoms with Crippen LogP contribution >= 0.6 is 0 Å². The SMILES string of the molecule is COC[C@H]1C[C@@H](c2nc3c(ccc4cc5c(cc43)OCc3cc(-c4cnc([C@@H]6CCCN6C(=O)O)[nH]4)ccc3-5)[nH]2)N(C(=O)[C@@H](NC(=O)OC)C(C)OC)C1. The van der Waals surface area contributed by atoms with E-state index in [1.807, 2.05) is 18.2 Å². The fraction of sp³-hybridized carbons (Fsp3) is 0.410. The van der Waals surface area contributed by atoms with Crippen LogP contribution in [-0.2, 0) is 25.6 Å². The number of imidazole rings is 2. The molecule has 2 aromatic heterocycles. The first-order chi connectivity index (χ1) is 26.2. The molecular weight excluding hydrogens is 694 g/mol. The molecule has 2 fully saturated rings. The molecule has 4 N–H and O–H groups in total. The van der Waals surface area contributed by atoms with Crippen molar-refractivity contribution in [3.8, 4) is 28.1 Å². The predicted molar refractivity (Wildman–Crippen MR) is 198 cm³/mol. The van der Waals surface area contributed by atoms with Gasteiger partial charge in [0, 0.05) is 44.2 Å². The van der Waals surface area contributed by atoms with Gasteiger partial charge in [-0.2, -0.15) is 0 Å². The molecule has 2 saturated heterocycles. The van der Waals surface area contributed by atoms with Gasteiger partial charge in [-0.05, 0) is 72.5 Å². The number of H-pyrrole nitrogens is 2. The summed E-state index contributed by atoms with van der Waals surface area (Å²) in [7, 11) is 4.39. The number of benzene rings is 3. The van der Waals surface area contributed by atoms with E-state index >= 15 is 0 Å². The molecule has 3 aliphatic heterocycles. The van der Waals surface area contributed by atoms with Crippen LogP contribution in [-0.4, -0.2) is 106 Å². The highest BCUT2D eigenvalue weighted by Gasteiger charge is 2.42. The molecule has 1 unspecified atom stereocenters. The monoisotopic (exact) mass is 737 g/mol. The standard InChI is InChI=1S/C39H43N7O8/c1-20(52-3)33(44-38(48)53-4)37(47)46-17-21(18-51-2)12-31(46)36-41-28-10-8-22-14-27-25-9-7-23(13-24(25)19-54-32(27)15-26(22)34(28)43-36)29-16-40-35(42-29)30-6-5-11-45(30)39(49)50/h7-10,13-16,20-21,30-31,33H,5-6,11-12,17-19H2,1-4H3,(H,40,42)(H,41,43)(H,44,48)(H,49,50)/t20?,21-,30-,31-,33-/m0/s1. The minimum atomic E-state index is -0.960. The van der Waals surface area contributed by atoms with Crippen LogP contribution in [0.25, 0.3) is 44.2 Å². The van der Waals surface area contributed by atoms with Crippen LogP contribution in [0.2, 0.25) is 0 Å². The van der Waals surface area contributed by atoms with Crippen molar-refractivity contribution in [3.63, 3.8) is 0 Å². The van der Waals surface area contributed by atoms with Gasteiger partial charge in [-0.15, -0.1) is 0 Å². The van der Waals surface area contributed by atoms with E-state index in [4.69, 9.17) is 23.9 Å². The van der Waals surface area contributed by atoms with Gasteiger partial charge in [0.2, 0.25) is 5.91 Å². The topological polar surface area (TPSA) is 184 Å². The minimum absolute atomic E-state index is 0.0662. The number of nitrogens with zero attached hydrogens (tertiary/aromatic N) is 4. The number of amides is 3. The summed E-state index contributed by atoms with van der Waals surface area (Å²) in [5, 5.41) is 14.2. The lowest BCUT2D eigenvalue weighted by Gasteiger charge is -2.30. The van der Waals surface area contributed by atoms with Gasteiger partial charge in [-0.3, -0.25) is 9.69 Å². The van der Waals surface area contributed by atoms with E-state index in [1.54, 1.807) is 25.1 Å². The summed E-state index contributed by atoms with van der Waals surface area (Å²) in [6.45, 7) is 3.52. The number of fused-ring (bicyclic) bond motifs is 6. The predicted octanol–water partition coefficient (Wildman–Crippen LogP) is 5.78. The second kappa shape index (κ2) is 14.3. The number of ether oxygens (including phenoxy) is 4. The highest BCUT2D eigenvalue weighted by atomic mass is 16.5. The van der Waals surface area contributed by atoms with Crippen LogP contribution in [0, 0.1) is 5.92 Å². The first kappa shape index (κ1) is 35.4. The molecule has 0 saturated carbocycles. The lowest BCUT2D eigenvalue weighted by atomic mass is 9.92. The van der Waals surface area contributed by atoms with Gasteiger partial charge in [-0.1, -0.05) is 18.2 Å². The van der Waals surface area contributed by atoms with Crippen LogP contribution in [0.5, 0.6) is 5.75 Å². The van der Waals surface area contributed by atoms with E-state index in [0.29, 0.717) is 44.4 Å². The van der Waals surface area contributed by atoms with Gasteiger partial charge in [0.15, 0.2) is 0 Å². The van der Waals surface area contributed by atoms with Gasteiger partial charge in [0.05, 0.1) is 54.8 Å². The largest absolute Gasteiger partial charge is 0.488 e. The van der Waals surface area contributed by atoms with Crippen molar-refractivity contribution in [3.05, 3.63) is 65.9 Å². The number of rotatable bonds is 9. The number of hydrogen-bond donors (Lipinski definition) is 4. The molecule has 5 aromatic rings. The number of hydrogen-bond acceptors (Lipinski definition) is 9. The Hall–Kier alpha value is -5.67. The van der Waals surface area contributed by atoms with Gasteiger partial charge in [-0.25, -0.2) is 19.6 Å². The van der Waals surface area contributed by atoms with E-state index in [1.165, 1.54) is 19.1 Å². The molecule has 3 amide bonds. The minimum Gasteiger partial charge on any atom is -0.488 e. The van der Waals surface area contributed by atoms with Crippen molar-refractivity contribution < 1.29 is 38.4 Å². The third-order valence-electron chi connectivity index (χ3n) is 11.0. The molecule has 15 nitrogen and oxygen atoms in total. The zero-order valence-electron chi connectivity index (χ0n) is 30.5. The van der Waals surface area contributed by atoms with Crippen LogP contribution in [0.15, 0.2) is 48.7 Å². The normalized spacial score (nSPS) is 20.4. The second-order valence-electron chi connectivity index (χ2n) is 14.2. The van der Waals surface area contributed by atoms with Crippen LogP contribution in [0.1, 0.15) is 55.5 Å². The zero-order valence-corrected chi connectivity index (χ0v) is 30.5. The number of carboxylic acid groups (broad SMARTS) is 1.